The lowest BCUT2D eigenvalue weighted by atomic mass is 10.1. The molecular formula is C25H24O3S2. The van der Waals surface area contributed by atoms with Crippen molar-refractivity contribution in [1.29, 1.82) is 0 Å². The SMILES string of the molecule is COc1ccccc1[C@H](CC=C(Sc1ccccc1)Sc1ccccc1)OC(C)=O. The van der Waals surface area contributed by atoms with Crippen LogP contribution >= 0.6 is 23.5 Å². The molecule has 0 unspecified atom stereocenters. The van der Waals surface area contributed by atoms with Crippen molar-refractivity contribution in [3.8, 4) is 5.75 Å². The zero-order valence-electron chi connectivity index (χ0n) is 17.0. The van der Waals surface area contributed by atoms with Gasteiger partial charge >= 0.3 is 5.97 Å². The molecule has 0 bridgehead atoms. The first-order valence-electron chi connectivity index (χ1n) is 9.62. The summed E-state index contributed by atoms with van der Waals surface area (Å²) in [5.41, 5.74) is 0.861. The van der Waals surface area contributed by atoms with Crippen molar-refractivity contribution in [2.75, 3.05) is 7.11 Å². The van der Waals surface area contributed by atoms with E-state index >= 15 is 0 Å². The molecule has 0 saturated heterocycles. The van der Waals surface area contributed by atoms with Crippen molar-refractivity contribution >= 4 is 29.5 Å². The molecule has 3 aromatic rings. The van der Waals surface area contributed by atoms with E-state index in [4.69, 9.17) is 9.47 Å². The summed E-state index contributed by atoms with van der Waals surface area (Å²) in [6.07, 6.45) is 2.27. The molecule has 3 nitrogen and oxygen atoms in total. The molecule has 0 saturated carbocycles. The highest BCUT2D eigenvalue weighted by Gasteiger charge is 2.18. The van der Waals surface area contributed by atoms with Gasteiger partial charge in [0.05, 0.1) is 7.11 Å². The topological polar surface area (TPSA) is 35.5 Å². The summed E-state index contributed by atoms with van der Waals surface area (Å²) < 4.78 is 12.3. The van der Waals surface area contributed by atoms with E-state index in [1.165, 1.54) is 6.92 Å². The predicted molar refractivity (Wildman–Crippen MR) is 125 cm³/mol. The number of hydrogen-bond acceptors (Lipinski definition) is 5. The summed E-state index contributed by atoms with van der Waals surface area (Å²) in [5, 5.41) is 0. The zero-order chi connectivity index (χ0) is 21.2. The van der Waals surface area contributed by atoms with E-state index in [9.17, 15) is 4.79 Å². The lowest BCUT2D eigenvalue weighted by molar-refractivity contribution is -0.146. The Labute approximate surface area is 186 Å². The smallest absolute Gasteiger partial charge is 0.303 e. The molecular weight excluding hydrogens is 412 g/mol. The van der Waals surface area contributed by atoms with Crippen LogP contribution < -0.4 is 4.74 Å². The van der Waals surface area contributed by atoms with Crippen LogP contribution in [0.2, 0.25) is 0 Å². The first-order chi connectivity index (χ1) is 14.7. The minimum atomic E-state index is -0.415. The van der Waals surface area contributed by atoms with Crippen LogP contribution in [-0.2, 0) is 9.53 Å². The highest BCUT2D eigenvalue weighted by Crippen LogP contribution is 2.41. The quantitative estimate of drug-likeness (QED) is 0.264. The number of carbonyl (C=O) groups is 1. The van der Waals surface area contributed by atoms with E-state index in [0.29, 0.717) is 12.2 Å². The van der Waals surface area contributed by atoms with Crippen molar-refractivity contribution in [3.05, 3.63) is 101 Å². The van der Waals surface area contributed by atoms with Gasteiger partial charge in [0.25, 0.3) is 0 Å². The summed E-state index contributed by atoms with van der Waals surface area (Å²) in [4.78, 5) is 14.1. The number of methoxy groups -OCH3 is 1. The van der Waals surface area contributed by atoms with Crippen LogP contribution in [0.15, 0.2) is 105 Å². The standard InChI is InChI=1S/C25H24O3S2/c1-19(26)28-24(22-15-9-10-16-23(22)27-2)17-18-25(29-20-11-5-3-6-12-20)30-21-13-7-4-8-14-21/h3-16,18,24H,17H2,1-2H3/t24-/m0/s1. The molecule has 0 N–H and O–H groups in total. The molecule has 5 heteroatoms. The van der Waals surface area contributed by atoms with E-state index in [1.54, 1.807) is 30.6 Å². The fraction of sp³-hybridized carbons (Fsp3) is 0.160. The Morgan fingerprint density at radius 1 is 0.867 bits per heavy atom. The van der Waals surface area contributed by atoms with Crippen LogP contribution in [0.5, 0.6) is 5.75 Å². The molecule has 0 aromatic heterocycles. The van der Waals surface area contributed by atoms with Gasteiger partial charge in [0.2, 0.25) is 0 Å². The van der Waals surface area contributed by atoms with Gasteiger partial charge in [0.1, 0.15) is 11.9 Å². The number of thioether (sulfide) groups is 2. The van der Waals surface area contributed by atoms with Crippen LogP contribution in [0.1, 0.15) is 25.0 Å². The van der Waals surface area contributed by atoms with E-state index in [1.807, 2.05) is 60.7 Å². The Kier molecular flexibility index (Phi) is 8.48. The zero-order valence-corrected chi connectivity index (χ0v) is 18.6. The molecule has 30 heavy (non-hydrogen) atoms. The minimum Gasteiger partial charge on any atom is -0.496 e. The van der Waals surface area contributed by atoms with Crippen LogP contribution in [0.25, 0.3) is 0 Å². The van der Waals surface area contributed by atoms with Crippen molar-refractivity contribution in [2.24, 2.45) is 0 Å². The van der Waals surface area contributed by atoms with Gasteiger partial charge in [-0.2, -0.15) is 0 Å². The van der Waals surface area contributed by atoms with Gasteiger partial charge in [-0.15, -0.1) is 0 Å². The molecule has 0 amide bonds. The van der Waals surface area contributed by atoms with E-state index in [0.717, 1.165) is 19.6 Å². The Hall–Kier alpha value is -2.63. The van der Waals surface area contributed by atoms with Gasteiger partial charge in [-0.25, -0.2) is 0 Å². The second-order valence-electron chi connectivity index (χ2n) is 6.43. The van der Waals surface area contributed by atoms with Crippen LogP contribution in [0.3, 0.4) is 0 Å². The number of hydrogen-bond donors (Lipinski definition) is 0. The molecule has 3 rings (SSSR count). The second kappa shape index (κ2) is 11.5. The second-order valence-corrected chi connectivity index (χ2v) is 8.92. The fourth-order valence-corrected chi connectivity index (χ4v) is 5.04. The molecule has 0 aliphatic rings. The number of para-hydroxylation sites is 1. The number of ether oxygens (including phenoxy) is 2. The van der Waals surface area contributed by atoms with E-state index in [2.05, 4.69) is 30.3 Å². The Bertz CT molecular complexity index is 928. The van der Waals surface area contributed by atoms with Crippen LogP contribution in [-0.4, -0.2) is 13.1 Å². The largest absolute Gasteiger partial charge is 0.496 e. The maximum Gasteiger partial charge on any atom is 0.303 e. The summed E-state index contributed by atoms with van der Waals surface area (Å²) in [7, 11) is 1.63. The van der Waals surface area contributed by atoms with Gasteiger partial charge in [-0.3, -0.25) is 4.79 Å². The number of benzene rings is 3. The molecule has 0 spiro atoms. The summed E-state index contributed by atoms with van der Waals surface area (Å²) >= 11 is 3.40. The first-order valence-corrected chi connectivity index (χ1v) is 11.2. The molecule has 0 radical (unpaired) electrons. The van der Waals surface area contributed by atoms with Crippen LogP contribution in [0, 0.1) is 0 Å². The highest BCUT2D eigenvalue weighted by atomic mass is 32.2. The number of esters is 1. The number of carbonyl (C=O) groups excluding carboxylic acids is 1. The molecule has 1 atom stereocenters. The molecule has 0 heterocycles. The Balaban J connectivity index is 1.87. The van der Waals surface area contributed by atoms with Crippen molar-refractivity contribution < 1.29 is 14.3 Å². The normalized spacial score (nSPS) is 11.4. The van der Waals surface area contributed by atoms with Gasteiger partial charge in [0, 0.05) is 32.9 Å². The summed E-state index contributed by atoms with van der Waals surface area (Å²) in [6.45, 7) is 1.43. The lowest BCUT2D eigenvalue weighted by Crippen LogP contribution is -2.09. The Morgan fingerprint density at radius 2 is 1.40 bits per heavy atom. The fourth-order valence-electron chi connectivity index (χ4n) is 2.89. The monoisotopic (exact) mass is 436 g/mol. The van der Waals surface area contributed by atoms with Gasteiger partial charge < -0.3 is 9.47 Å². The maximum atomic E-state index is 11.8. The average molecular weight is 437 g/mol. The molecule has 3 aromatic carbocycles. The number of rotatable bonds is 9. The highest BCUT2D eigenvalue weighted by molar-refractivity contribution is 8.22. The molecule has 154 valence electrons. The third kappa shape index (κ3) is 6.71. The molecule has 0 aliphatic heterocycles. The van der Waals surface area contributed by atoms with Crippen LogP contribution in [0.4, 0.5) is 0 Å². The molecule has 0 aliphatic carbocycles. The summed E-state index contributed by atoms with van der Waals surface area (Å²) in [6, 6.07) is 28.2. The average Bonchev–Trinajstić information content (AvgIpc) is 2.77. The molecule has 0 fully saturated rings. The summed E-state index contributed by atoms with van der Waals surface area (Å²) in [5.74, 6) is 0.400. The van der Waals surface area contributed by atoms with E-state index < -0.39 is 6.10 Å². The van der Waals surface area contributed by atoms with Crippen molar-refractivity contribution in [1.82, 2.24) is 0 Å². The van der Waals surface area contributed by atoms with E-state index in [-0.39, 0.29) is 5.97 Å². The van der Waals surface area contributed by atoms with Gasteiger partial charge in [-0.05, 0) is 30.3 Å². The van der Waals surface area contributed by atoms with Gasteiger partial charge in [-0.1, -0.05) is 84.2 Å². The third-order valence-electron chi connectivity index (χ3n) is 4.22. The minimum absolute atomic E-state index is 0.313. The van der Waals surface area contributed by atoms with Crippen molar-refractivity contribution in [2.45, 2.75) is 29.2 Å². The van der Waals surface area contributed by atoms with Gasteiger partial charge in [0.15, 0.2) is 0 Å². The first kappa shape index (κ1) is 22.1. The van der Waals surface area contributed by atoms with Crippen molar-refractivity contribution in [3.63, 3.8) is 0 Å². The third-order valence-corrected chi connectivity index (χ3v) is 6.47. The maximum absolute atomic E-state index is 11.8. The predicted octanol–water partition coefficient (Wildman–Crippen LogP) is 7.12. The Morgan fingerprint density at radius 3 is 1.93 bits per heavy atom. The lowest BCUT2D eigenvalue weighted by Gasteiger charge is -2.19.